The normalized spacial score (nSPS) is 11.4. The Bertz CT molecular complexity index is 491. The maximum Gasteiger partial charge on any atom is 0.354 e. The van der Waals surface area contributed by atoms with E-state index in [0.29, 0.717) is 0 Å². The van der Waals surface area contributed by atoms with Gasteiger partial charge in [0.25, 0.3) is 6.43 Å². The Morgan fingerprint density at radius 2 is 2.36 bits per heavy atom. The minimum atomic E-state index is -2.59. The van der Waals surface area contributed by atoms with Crippen LogP contribution in [0.1, 0.15) is 21.8 Å². The molecule has 0 aliphatic rings. The van der Waals surface area contributed by atoms with Crippen LogP contribution in [0.2, 0.25) is 0 Å². The maximum absolute atomic E-state index is 12.2. The lowest BCUT2D eigenvalue weighted by atomic mass is 10.5. The van der Waals surface area contributed by atoms with E-state index < -0.39 is 12.4 Å². The number of carboxylic acids is 1. The van der Waals surface area contributed by atoms with E-state index >= 15 is 0 Å². The molecule has 0 aromatic carbocycles. The molecule has 0 atom stereocenters. The van der Waals surface area contributed by atoms with Gasteiger partial charge in [-0.1, -0.05) is 11.3 Å². The van der Waals surface area contributed by atoms with E-state index in [2.05, 4.69) is 4.98 Å². The summed E-state index contributed by atoms with van der Waals surface area (Å²) in [6.45, 7) is 0. The van der Waals surface area contributed by atoms with Crippen LogP contribution in [0.3, 0.4) is 0 Å². The standard InChI is InChI=1S/C7H4F2N2O2S/c8-5(9)4-2-11-3(6(12)13)1-10-7(11)14-4/h1-2,5H,(H,12,13). The van der Waals surface area contributed by atoms with E-state index in [1.807, 2.05) is 0 Å². The quantitative estimate of drug-likeness (QED) is 0.839. The summed E-state index contributed by atoms with van der Waals surface area (Å²) in [5.41, 5.74) is -0.108. The molecule has 0 radical (unpaired) electrons. The summed E-state index contributed by atoms with van der Waals surface area (Å²) >= 11 is 0.782. The first-order valence-electron chi connectivity index (χ1n) is 3.58. The largest absolute Gasteiger partial charge is 0.477 e. The number of rotatable bonds is 2. The fourth-order valence-corrected chi connectivity index (χ4v) is 1.88. The highest BCUT2D eigenvalue weighted by atomic mass is 32.1. The SMILES string of the molecule is O=C(O)c1cnc2sc(C(F)F)cn12. The first-order valence-corrected chi connectivity index (χ1v) is 4.39. The molecule has 0 amide bonds. The van der Waals surface area contributed by atoms with Crippen LogP contribution in [-0.4, -0.2) is 20.5 Å². The van der Waals surface area contributed by atoms with Gasteiger partial charge in [0.1, 0.15) is 0 Å². The highest BCUT2D eigenvalue weighted by Crippen LogP contribution is 2.27. The summed E-state index contributed by atoms with van der Waals surface area (Å²) in [6.07, 6.45) is -0.354. The Morgan fingerprint density at radius 1 is 1.64 bits per heavy atom. The molecule has 2 rings (SSSR count). The average molecular weight is 218 g/mol. The molecule has 0 saturated carbocycles. The number of carboxylic acid groups (broad SMARTS) is 1. The number of alkyl halides is 2. The van der Waals surface area contributed by atoms with Crippen molar-refractivity contribution in [3.63, 3.8) is 0 Å². The summed E-state index contributed by atoms with van der Waals surface area (Å²) in [4.78, 5) is 14.4. The summed E-state index contributed by atoms with van der Waals surface area (Å²) in [5, 5.41) is 8.68. The topological polar surface area (TPSA) is 54.6 Å². The van der Waals surface area contributed by atoms with Crippen molar-refractivity contribution >= 4 is 22.3 Å². The van der Waals surface area contributed by atoms with Gasteiger partial charge < -0.3 is 5.11 Å². The second-order valence-corrected chi connectivity index (χ2v) is 3.58. The Kier molecular flexibility index (Phi) is 1.95. The molecule has 1 N–H and O–H groups in total. The fourth-order valence-electron chi connectivity index (χ4n) is 1.06. The number of aromatic nitrogens is 2. The predicted octanol–water partition coefficient (Wildman–Crippen LogP) is 2.03. The Hall–Kier alpha value is -1.50. The van der Waals surface area contributed by atoms with Gasteiger partial charge in [0.2, 0.25) is 0 Å². The highest BCUT2D eigenvalue weighted by Gasteiger charge is 2.17. The van der Waals surface area contributed by atoms with E-state index in [9.17, 15) is 13.6 Å². The number of hydrogen-bond acceptors (Lipinski definition) is 3. The zero-order chi connectivity index (χ0) is 10.3. The maximum atomic E-state index is 12.2. The van der Waals surface area contributed by atoms with Gasteiger partial charge in [0.15, 0.2) is 10.7 Å². The number of aromatic carboxylic acids is 1. The predicted molar refractivity (Wildman–Crippen MR) is 45.0 cm³/mol. The zero-order valence-corrected chi connectivity index (χ0v) is 7.46. The number of fused-ring (bicyclic) bond motifs is 1. The first-order chi connectivity index (χ1) is 6.59. The molecule has 0 spiro atoms. The third-order valence-corrected chi connectivity index (χ3v) is 2.67. The number of hydrogen-bond donors (Lipinski definition) is 1. The number of nitrogens with zero attached hydrogens (tertiary/aromatic N) is 2. The number of halogens is 2. The van der Waals surface area contributed by atoms with E-state index in [1.165, 1.54) is 0 Å². The van der Waals surface area contributed by atoms with E-state index in [4.69, 9.17) is 5.11 Å². The van der Waals surface area contributed by atoms with E-state index in [0.717, 1.165) is 28.1 Å². The van der Waals surface area contributed by atoms with Crippen molar-refractivity contribution in [2.24, 2.45) is 0 Å². The highest BCUT2D eigenvalue weighted by molar-refractivity contribution is 7.17. The van der Waals surface area contributed by atoms with Crippen molar-refractivity contribution < 1.29 is 18.7 Å². The summed E-state index contributed by atoms with van der Waals surface area (Å²) in [6, 6.07) is 0. The van der Waals surface area contributed by atoms with Crippen molar-refractivity contribution in [1.82, 2.24) is 9.38 Å². The van der Waals surface area contributed by atoms with Crippen LogP contribution < -0.4 is 0 Å². The van der Waals surface area contributed by atoms with Gasteiger partial charge in [0.05, 0.1) is 11.1 Å². The molecule has 0 unspecified atom stereocenters. The Balaban J connectivity index is 2.61. The third kappa shape index (κ3) is 1.25. The molecule has 0 fully saturated rings. The monoisotopic (exact) mass is 218 g/mol. The van der Waals surface area contributed by atoms with E-state index in [1.54, 1.807) is 0 Å². The third-order valence-electron chi connectivity index (χ3n) is 1.66. The molecule has 74 valence electrons. The van der Waals surface area contributed by atoms with Crippen LogP contribution in [0, 0.1) is 0 Å². The van der Waals surface area contributed by atoms with Crippen LogP contribution >= 0.6 is 11.3 Å². The molecule has 0 bridgehead atoms. The van der Waals surface area contributed by atoms with Crippen LogP contribution in [0.4, 0.5) is 8.78 Å². The molecule has 2 aromatic heterocycles. The molecule has 0 aliphatic heterocycles. The molecule has 0 aliphatic carbocycles. The fraction of sp³-hybridized carbons (Fsp3) is 0.143. The first kappa shape index (κ1) is 9.07. The second-order valence-electron chi connectivity index (χ2n) is 2.54. The van der Waals surface area contributed by atoms with Crippen LogP contribution in [-0.2, 0) is 0 Å². The molecule has 0 saturated heterocycles. The van der Waals surface area contributed by atoms with Gasteiger partial charge in [-0.25, -0.2) is 18.6 Å². The lowest BCUT2D eigenvalue weighted by molar-refractivity contribution is 0.0689. The van der Waals surface area contributed by atoms with Gasteiger partial charge in [-0.15, -0.1) is 0 Å². The smallest absolute Gasteiger partial charge is 0.354 e. The molecular weight excluding hydrogens is 214 g/mol. The molecular formula is C7H4F2N2O2S. The van der Waals surface area contributed by atoms with Gasteiger partial charge >= 0.3 is 5.97 Å². The second kappa shape index (κ2) is 3.02. The molecule has 14 heavy (non-hydrogen) atoms. The van der Waals surface area contributed by atoms with Crippen LogP contribution in [0.5, 0.6) is 0 Å². The number of imidazole rings is 1. The van der Waals surface area contributed by atoms with Crippen molar-refractivity contribution in [3.05, 3.63) is 23.0 Å². The van der Waals surface area contributed by atoms with Crippen molar-refractivity contribution in [2.75, 3.05) is 0 Å². The van der Waals surface area contributed by atoms with Crippen molar-refractivity contribution in [3.8, 4) is 0 Å². The van der Waals surface area contributed by atoms with Gasteiger partial charge in [-0.2, -0.15) is 0 Å². The molecule has 7 heteroatoms. The number of carbonyl (C=O) groups is 1. The van der Waals surface area contributed by atoms with E-state index in [-0.39, 0.29) is 15.5 Å². The Labute approximate surface area is 80.4 Å². The summed E-state index contributed by atoms with van der Waals surface area (Å²) in [5.74, 6) is -1.18. The molecule has 4 nitrogen and oxygen atoms in total. The molecule has 2 aromatic rings. The van der Waals surface area contributed by atoms with Gasteiger partial charge in [-0.3, -0.25) is 4.40 Å². The minimum Gasteiger partial charge on any atom is -0.477 e. The van der Waals surface area contributed by atoms with Crippen molar-refractivity contribution in [1.29, 1.82) is 0 Å². The van der Waals surface area contributed by atoms with Gasteiger partial charge in [-0.05, 0) is 0 Å². The average Bonchev–Trinajstić information content (AvgIpc) is 2.58. The number of thiazole rings is 1. The summed E-state index contributed by atoms with van der Waals surface area (Å²) < 4.78 is 25.6. The molecule has 2 heterocycles. The zero-order valence-electron chi connectivity index (χ0n) is 6.65. The lowest BCUT2D eigenvalue weighted by Gasteiger charge is -1.90. The summed E-state index contributed by atoms with van der Waals surface area (Å²) in [7, 11) is 0. The van der Waals surface area contributed by atoms with Gasteiger partial charge in [0, 0.05) is 6.20 Å². The minimum absolute atomic E-state index is 0.108. The van der Waals surface area contributed by atoms with Crippen molar-refractivity contribution in [2.45, 2.75) is 6.43 Å². The Morgan fingerprint density at radius 3 is 2.93 bits per heavy atom. The van der Waals surface area contributed by atoms with Crippen LogP contribution in [0.25, 0.3) is 4.96 Å². The lowest BCUT2D eigenvalue weighted by Crippen LogP contribution is -1.99. The van der Waals surface area contributed by atoms with Crippen LogP contribution in [0.15, 0.2) is 12.4 Å².